The normalized spacial score (nSPS) is 12.1. The van der Waals surface area contributed by atoms with Crippen LogP contribution < -0.4 is 0 Å². The molecule has 1 rings (SSSR count). The van der Waals surface area contributed by atoms with E-state index < -0.39 is 0 Å². The molecule has 0 saturated heterocycles. The minimum Gasteiger partial charge on any atom is -0.192 e. The van der Waals surface area contributed by atoms with Gasteiger partial charge in [-0.25, -0.2) is 0 Å². The molecule has 1 unspecified atom stereocenters. The first-order valence-corrected chi connectivity index (χ1v) is 7.73. The minimum absolute atomic E-state index is 0.469. The van der Waals surface area contributed by atoms with Crippen LogP contribution in [0, 0.1) is 17.2 Å². The van der Waals surface area contributed by atoms with Gasteiger partial charge in [0.1, 0.15) is 6.07 Å². The molecule has 1 nitrogen and oxygen atoms in total. The number of benzene rings is 1. The van der Waals surface area contributed by atoms with Crippen molar-refractivity contribution in [2.45, 2.75) is 16.7 Å². The van der Waals surface area contributed by atoms with Gasteiger partial charge in [0, 0.05) is 21.4 Å². The first-order valence-electron chi connectivity index (χ1n) is 4.98. The SMILES string of the molecule is CSc1cccc(SCC(C)CCl)c1C#N. The van der Waals surface area contributed by atoms with Crippen molar-refractivity contribution in [2.24, 2.45) is 5.92 Å². The lowest BCUT2D eigenvalue weighted by Gasteiger charge is -2.09. The van der Waals surface area contributed by atoms with Crippen LogP contribution in [0.5, 0.6) is 0 Å². The van der Waals surface area contributed by atoms with Crippen LogP contribution in [-0.2, 0) is 0 Å². The highest BCUT2D eigenvalue weighted by Crippen LogP contribution is 2.30. The summed E-state index contributed by atoms with van der Waals surface area (Å²) in [5.74, 6) is 2.09. The maximum absolute atomic E-state index is 9.15. The second-order valence-electron chi connectivity index (χ2n) is 3.52. The first kappa shape index (κ1) is 13.8. The zero-order valence-electron chi connectivity index (χ0n) is 9.37. The molecule has 1 aromatic carbocycles. The predicted molar refractivity (Wildman–Crippen MR) is 73.5 cm³/mol. The zero-order chi connectivity index (χ0) is 12.0. The summed E-state index contributed by atoms with van der Waals surface area (Å²) in [6, 6.07) is 8.27. The number of alkyl halides is 1. The van der Waals surface area contributed by atoms with Gasteiger partial charge in [0.25, 0.3) is 0 Å². The Labute approximate surface area is 111 Å². The Hall–Kier alpha value is -0.300. The Morgan fingerprint density at radius 3 is 2.69 bits per heavy atom. The van der Waals surface area contributed by atoms with Crippen molar-refractivity contribution in [3.8, 4) is 6.07 Å². The number of nitrogens with zero attached hydrogens (tertiary/aromatic N) is 1. The van der Waals surface area contributed by atoms with Gasteiger partial charge in [-0.3, -0.25) is 0 Å². The summed E-state index contributed by atoms with van der Waals surface area (Å²) in [4.78, 5) is 2.11. The van der Waals surface area contributed by atoms with Gasteiger partial charge in [0.2, 0.25) is 0 Å². The summed E-state index contributed by atoms with van der Waals surface area (Å²) in [6.07, 6.45) is 1.99. The fourth-order valence-electron chi connectivity index (χ4n) is 1.19. The van der Waals surface area contributed by atoms with E-state index in [0.717, 1.165) is 21.1 Å². The maximum atomic E-state index is 9.15. The van der Waals surface area contributed by atoms with E-state index in [-0.39, 0.29) is 0 Å². The number of hydrogen-bond donors (Lipinski definition) is 0. The second-order valence-corrected chi connectivity index (χ2v) is 5.73. The summed E-state index contributed by atoms with van der Waals surface area (Å²) >= 11 is 9.09. The first-order chi connectivity index (χ1) is 7.72. The molecule has 0 aliphatic rings. The van der Waals surface area contributed by atoms with E-state index in [9.17, 15) is 0 Å². The van der Waals surface area contributed by atoms with E-state index in [1.165, 1.54) is 0 Å². The van der Waals surface area contributed by atoms with Crippen LogP contribution in [-0.4, -0.2) is 17.9 Å². The lowest BCUT2D eigenvalue weighted by atomic mass is 10.2. The van der Waals surface area contributed by atoms with Gasteiger partial charge in [-0.2, -0.15) is 5.26 Å². The molecule has 0 saturated carbocycles. The van der Waals surface area contributed by atoms with E-state index in [0.29, 0.717) is 11.8 Å². The van der Waals surface area contributed by atoms with Crippen molar-refractivity contribution in [1.82, 2.24) is 0 Å². The summed E-state index contributed by atoms with van der Waals surface area (Å²) in [6.45, 7) is 2.12. The highest BCUT2D eigenvalue weighted by molar-refractivity contribution is 7.99. The van der Waals surface area contributed by atoms with Crippen molar-refractivity contribution in [2.75, 3.05) is 17.9 Å². The number of rotatable bonds is 5. The largest absolute Gasteiger partial charge is 0.192 e. The Kier molecular flexibility index (Phi) is 6.12. The van der Waals surface area contributed by atoms with Gasteiger partial charge >= 0.3 is 0 Å². The lowest BCUT2D eigenvalue weighted by molar-refractivity contribution is 0.759. The number of nitriles is 1. The van der Waals surface area contributed by atoms with Crippen LogP contribution in [0.15, 0.2) is 28.0 Å². The summed E-state index contributed by atoms with van der Waals surface area (Å²) in [7, 11) is 0. The van der Waals surface area contributed by atoms with Crippen LogP contribution >= 0.6 is 35.1 Å². The zero-order valence-corrected chi connectivity index (χ0v) is 11.8. The fourth-order valence-corrected chi connectivity index (χ4v) is 3.12. The van der Waals surface area contributed by atoms with Crippen LogP contribution in [0.4, 0.5) is 0 Å². The van der Waals surface area contributed by atoms with E-state index in [1.807, 2.05) is 24.5 Å². The molecule has 0 amide bonds. The molecule has 86 valence electrons. The standard InChI is InChI=1S/C12H14ClNS2/c1-9(6-13)8-16-12-5-3-4-11(15-2)10(12)7-14/h3-5,9H,6,8H2,1-2H3. The molecule has 0 fully saturated rings. The van der Waals surface area contributed by atoms with Gasteiger partial charge in [-0.1, -0.05) is 13.0 Å². The fraction of sp³-hybridized carbons (Fsp3) is 0.417. The molecule has 0 bridgehead atoms. The second kappa shape index (κ2) is 7.11. The topological polar surface area (TPSA) is 23.8 Å². The third kappa shape index (κ3) is 3.62. The molecule has 0 heterocycles. The van der Waals surface area contributed by atoms with E-state index in [4.69, 9.17) is 16.9 Å². The Balaban J connectivity index is 2.84. The molecular formula is C12H14ClNS2. The van der Waals surface area contributed by atoms with E-state index in [1.54, 1.807) is 23.5 Å². The number of thioether (sulfide) groups is 2. The van der Waals surface area contributed by atoms with Crippen LogP contribution in [0.2, 0.25) is 0 Å². The smallest absolute Gasteiger partial charge is 0.101 e. The highest BCUT2D eigenvalue weighted by atomic mass is 35.5. The van der Waals surface area contributed by atoms with Crippen molar-refractivity contribution in [3.63, 3.8) is 0 Å². The third-order valence-electron chi connectivity index (χ3n) is 2.11. The van der Waals surface area contributed by atoms with Gasteiger partial charge in [0.15, 0.2) is 0 Å². The molecule has 16 heavy (non-hydrogen) atoms. The van der Waals surface area contributed by atoms with Crippen molar-refractivity contribution in [1.29, 1.82) is 5.26 Å². The molecule has 0 aliphatic heterocycles. The average Bonchev–Trinajstić information content (AvgIpc) is 2.34. The Morgan fingerprint density at radius 2 is 2.12 bits per heavy atom. The van der Waals surface area contributed by atoms with Crippen LogP contribution in [0.3, 0.4) is 0 Å². The van der Waals surface area contributed by atoms with Gasteiger partial charge in [-0.15, -0.1) is 35.1 Å². The van der Waals surface area contributed by atoms with Gasteiger partial charge in [0.05, 0.1) is 5.56 Å². The molecule has 0 N–H and O–H groups in total. The minimum atomic E-state index is 0.469. The molecule has 0 aliphatic carbocycles. The molecule has 4 heteroatoms. The summed E-state index contributed by atoms with van der Waals surface area (Å²) in [5, 5.41) is 9.15. The van der Waals surface area contributed by atoms with E-state index >= 15 is 0 Å². The molecule has 0 radical (unpaired) electrons. The Morgan fingerprint density at radius 1 is 1.44 bits per heavy atom. The van der Waals surface area contributed by atoms with E-state index in [2.05, 4.69) is 13.0 Å². The molecule has 0 spiro atoms. The third-order valence-corrected chi connectivity index (χ3v) is 4.80. The van der Waals surface area contributed by atoms with Crippen LogP contribution in [0.1, 0.15) is 12.5 Å². The monoisotopic (exact) mass is 271 g/mol. The van der Waals surface area contributed by atoms with Gasteiger partial charge in [-0.05, 0) is 24.3 Å². The maximum Gasteiger partial charge on any atom is 0.101 e. The number of hydrogen-bond acceptors (Lipinski definition) is 3. The van der Waals surface area contributed by atoms with Crippen molar-refractivity contribution < 1.29 is 0 Å². The number of halogens is 1. The quantitative estimate of drug-likeness (QED) is 0.591. The van der Waals surface area contributed by atoms with Crippen molar-refractivity contribution in [3.05, 3.63) is 23.8 Å². The Bertz CT molecular complexity index is 387. The highest BCUT2D eigenvalue weighted by Gasteiger charge is 2.09. The van der Waals surface area contributed by atoms with Crippen LogP contribution in [0.25, 0.3) is 0 Å². The average molecular weight is 272 g/mol. The molecule has 1 aromatic rings. The lowest BCUT2D eigenvalue weighted by Crippen LogP contribution is -1.99. The van der Waals surface area contributed by atoms with Crippen molar-refractivity contribution >= 4 is 35.1 Å². The summed E-state index contributed by atoms with van der Waals surface area (Å²) < 4.78 is 0. The molecule has 0 aromatic heterocycles. The molecular weight excluding hydrogens is 258 g/mol. The van der Waals surface area contributed by atoms with Gasteiger partial charge < -0.3 is 0 Å². The molecule has 1 atom stereocenters. The predicted octanol–water partition coefficient (Wildman–Crippen LogP) is 4.25. The summed E-state index contributed by atoms with van der Waals surface area (Å²) in [5.41, 5.74) is 0.793.